The van der Waals surface area contributed by atoms with E-state index in [0.717, 1.165) is 16.9 Å². The summed E-state index contributed by atoms with van der Waals surface area (Å²) in [5.74, 6) is -0.0994. The van der Waals surface area contributed by atoms with Gasteiger partial charge in [-0.1, -0.05) is 12.1 Å². The number of aryl methyl sites for hydroxylation is 1. The van der Waals surface area contributed by atoms with Crippen molar-refractivity contribution in [2.24, 2.45) is 7.05 Å². The molecule has 0 saturated heterocycles. The standard InChI is InChI=1S/C15H19N3O3/c1-18-12-7-3-2-6-11(12)17-13(18)10-16-14(19)8-4-5-9-15(20)21/h2-3,6-7H,4-5,8-10H2,1H3,(H,16,19)(H,20,21). The normalized spacial score (nSPS) is 10.7. The molecule has 2 aromatic rings. The molecule has 0 fully saturated rings. The number of aliphatic carboxylic acids is 1. The lowest BCUT2D eigenvalue weighted by atomic mass is 10.2. The van der Waals surface area contributed by atoms with Gasteiger partial charge in [-0.2, -0.15) is 0 Å². The fourth-order valence-corrected chi connectivity index (χ4v) is 2.18. The summed E-state index contributed by atoms with van der Waals surface area (Å²) < 4.78 is 1.96. The smallest absolute Gasteiger partial charge is 0.303 e. The van der Waals surface area contributed by atoms with Gasteiger partial charge in [-0.15, -0.1) is 0 Å². The van der Waals surface area contributed by atoms with Crippen LogP contribution in [0.5, 0.6) is 0 Å². The molecule has 1 heterocycles. The van der Waals surface area contributed by atoms with Crippen LogP contribution in [-0.4, -0.2) is 26.5 Å². The first-order valence-corrected chi connectivity index (χ1v) is 6.97. The second-order valence-corrected chi connectivity index (χ2v) is 4.95. The Morgan fingerprint density at radius 1 is 1.24 bits per heavy atom. The average Bonchev–Trinajstić information content (AvgIpc) is 2.78. The van der Waals surface area contributed by atoms with Crippen LogP contribution >= 0.6 is 0 Å². The first-order chi connectivity index (χ1) is 10.1. The number of carbonyl (C=O) groups excluding carboxylic acids is 1. The quantitative estimate of drug-likeness (QED) is 0.762. The topological polar surface area (TPSA) is 84.2 Å². The minimum atomic E-state index is -0.824. The largest absolute Gasteiger partial charge is 0.481 e. The van der Waals surface area contributed by atoms with Crippen LogP contribution in [0.25, 0.3) is 11.0 Å². The number of nitrogens with zero attached hydrogens (tertiary/aromatic N) is 2. The second kappa shape index (κ2) is 6.88. The predicted octanol–water partition coefficient (Wildman–Crippen LogP) is 1.83. The van der Waals surface area contributed by atoms with Crippen LogP contribution in [0.1, 0.15) is 31.5 Å². The summed E-state index contributed by atoms with van der Waals surface area (Å²) in [6.45, 7) is 0.378. The first-order valence-electron chi connectivity index (χ1n) is 6.97. The Hall–Kier alpha value is -2.37. The number of rotatable bonds is 7. The molecule has 0 radical (unpaired) electrons. The summed E-state index contributed by atoms with van der Waals surface area (Å²) in [7, 11) is 1.92. The lowest BCUT2D eigenvalue weighted by Crippen LogP contribution is -2.24. The molecular formula is C15H19N3O3. The molecule has 0 aliphatic heterocycles. The second-order valence-electron chi connectivity index (χ2n) is 4.95. The van der Waals surface area contributed by atoms with Crippen molar-refractivity contribution >= 4 is 22.9 Å². The molecule has 2 N–H and O–H groups in total. The van der Waals surface area contributed by atoms with E-state index in [0.29, 0.717) is 25.8 Å². The van der Waals surface area contributed by atoms with Gasteiger partial charge in [0.1, 0.15) is 5.82 Å². The molecule has 1 aromatic heterocycles. The molecule has 0 bridgehead atoms. The highest BCUT2D eigenvalue weighted by atomic mass is 16.4. The lowest BCUT2D eigenvalue weighted by molar-refractivity contribution is -0.137. The third-order valence-corrected chi connectivity index (χ3v) is 3.37. The van der Waals surface area contributed by atoms with Gasteiger partial charge in [-0.05, 0) is 25.0 Å². The highest BCUT2D eigenvalue weighted by Gasteiger charge is 2.08. The molecule has 0 aliphatic rings. The van der Waals surface area contributed by atoms with Crippen LogP contribution in [-0.2, 0) is 23.2 Å². The van der Waals surface area contributed by atoms with E-state index >= 15 is 0 Å². The minimum Gasteiger partial charge on any atom is -0.481 e. The maximum Gasteiger partial charge on any atom is 0.303 e. The molecule has 0 spiro atoms. The number of para-hydroxylation sites is 2. The SMILES string of the molecule is Cn1c(CNC(=O)CCCCC(=O)O)nc2ccccc21. The van der Waals surface area contributed by atoms with Crippen molar-refractivity contribution < 1.29 is 14.7 Å². The van der Waals surface area contributed by atoms with E-state index in [1.807, 2.05) is 35.9 Å². The summed E-state index contributed by atoms with van der Waals surface area (Å²) in [5.41, 5.74) is 1.94. The van der Waals surface area contributed by atoms with Gasteiger partial charge in [-0.25, -0.2) is 4.98 Å². The van der Waals surface area contributed by atoms with Crippen LogP contribution < -0.4 is 5.32 Å². The number of unbranched alkanes of at least 4 members (excludes halogenated alkanes) is 1. The summed E-state index contributed by atoms with van der Waals surface area (Å²) >= 11 is 0. The Labute approximate surface area is 122 Å². The third-order valence-electron chi connectivity index (χ3n) is 3.37. The highest BCUT2D eigenvalue weighted by molar-refractivity contribution is 5.77. The van der Waals surface area contributed by atoms with Gasteiger partial charge in [0.15, 0.2) is 0 Å². The number of carboxylic acids is 1. The zero-order chi connectivity index (χ0) is 15.2. The minimum absolute atomic E-state index is 0.0764. The van der Waals surface area contributed by atoms with Crippen molar-refractivity contribution in [3.63, 3.8) is 0 Å². The van der Waals surface area contributed by atoms with E-state index in [4.69, 9.17) is 5.11 Å². The molecule has 21 heavy (non-hydrogen) atoms. The Morgan fingerprint density at radius 3 is 2.67 bits per heavy atom. The molecule has 6 nitrogen and oxygen atoms in total. The van der Waals surface area contributed by atoms with Crippen molar-refractivity contribution in [3.8, 4) is 0 Å². The predicted molar refractivity (Wildman–Crippen MR) is 78.7 cm³/mol. The fraction of sp³-hybridized carbons (Fsp3) is 0.400. The summed E-state index contributed by atoms with van der Waals surface area (Å²) in [5, 5.41) is 11.3. The van der Waals surface area contributed by atoms with Crippen LogP contribution in [0.2, 0.25) is 0 Å². The summed E-state index contributed by atoms with van der Waals surface area (Å²) in [6, 6.07) is 7.81. The molecule has 0 saturated carbocycles. The number of imidazole rings is 1. The highest BCUT2D eigenvalue weighted by Crippen LogP contribution is 2.13. The molecule has 0 unspecified atom stereocenters. The van der Waals surface area contributed by atoms with E-state index in [1.165, 1.54) is 0 Å². The van der Waals surface area contributed by atoms with Crippen molar-refractivity contribution in [2.45, 2.75) is 32.2 Å². The fourth-order valence-electron chi connectivity index (χ4n) is 2.18. The van der Waals surface area contributed by atoms with E-state index < -0.39 is 5.97 Å². The van der Waals surface area contributed by atoms with Crippen molar-refractivity contribution in [2.75, 3.05) is 0 Å². The number of amides is 1. The van der Waals surface area contributed by atoms with Gasteiger partial charge in [0.2, 0.25) is 5.91 Å². The van der Waals surface area contributed by atoms with Gasteiger partial charge in [0.05, 0.1) is 17.6 Å². The molecule has 0 atom stereocenters. The number of nitrogens with one attached hydrogen (secondary N) is 1. The average molecular weight is 289 g/mol. The molecule has 1 aromatic carbocycles. The van der Waals surface area contributed by atoms with Gasteiger partial charge in [0, 0.05) is 19.9 Å². The summed E-state index contributed by atoms with van der Waals surface area (Å²) in [4.78, 5) is 26.5. The molecule has 1 amide bonds. The van der Waals surface area contributed by atoms with Crippen LogP contribution in [0.3, 0.4) is 0 Å². The van der Waals surface area contributed by atoms with E-state index in [2.05, 4.69) is 10.3 Å². The number of benzene rings is 1. The third kappa shape index (κ3) is 4.05. The molecular weight excluding hydrogens is 270 g/mol. The maximum absolute atomic E-state index is 11.7. The number of fused-ring (bicyclic) bond motifs is 1. The van der Waals surface area contributed by atoms with Gasteiger partial charge in [0.25, 0.3) is 0 Å². The number of carbonyl (C=O) groups is 2. The Morgan fingerprint density at radius 2 is 1.95 bits per heavy atom. The van der Waals surface area contributed by atoms with Crippen LogP contribution in [0.15, 0.2) is 24.3 Å². The summed E-state index contributed by atoms with van der Waals surface area (Å²) in [6.07, 6.45) is 1.56. The first kappa shape index (κ1) is 15.0. The van der Waals surface area contributed by atoms with E-state index in [9.17, 15) is 9.59 Å². The van der Waals surface area contributed by atoms with Crippen LogP contribution in [0, 0.1) is 0 Å². The van der Waals surface area contributed by atoms with Gasteiger partial charge >= 0.3 is 5.97 Å². The van der Waals surface area contributed by atoms with Gasteiger partial charge < -0.3 is 15.0 Å². The molecule has 6 heteroatoms. The Balaban J connectivity index is 1.83. The van der Waals surface area contributed by atoms with Crippen molar-refractivity contribution in [3.05, 3.63) is 30.1 Å². The number of hydrogen-bond acceptors (Lipinski definition) is 3. The van der Waals surface area contributed by atoms with Gasteiger partial charge in [-0.3, -0.25) is 9.59 Å². The van der Waals surface area contributed by atoms with E-state index in [-0.39, 0.29) is 12.3 Å². The monoisotopic (exact) mass is 289 g/mol. The van der Waals surface area contributed by atoms with Crippen molar-refractivity contribution in [1.82, 2.24) is 14.9 Å². The number of carboxylic acid groups (broad SMARTS) is 1. The van der Waals surface area contributed by atoms with Crippen LogP contribution in [0.4, 0.5) is 0 Å². The number of aromatic nitrogens is 2. The Kier molecular flexibility index (Phi) is 4.92. The van der Waals surface area contributed by atoms with Crippen molar-refractivity contribution in [1.29, 1.82) is 0 Å². The molecule has 112 valence electrons. The van der Waals surface area contributed by atoms with E-state index in [1.54, 1.807) is 0 Å². The Bertz CT molecular complexity index is 649. The lowest BCUT2D eigenvalue weighted by Gasteiger charge is -2.05. The zero-order valence-corrected chi connectivity index (χ0v) is 12.0. The number of hydrogen-bond donors (Lipinski definition) is 2. The molecule has 2 rings (SSSR count). The maximum atomic E-state index is 11.7. The zero-order valence-electron chi connectivity index (χ0n) is 12.0. The molecule has 0 aliphatic carbocycles.